The van der Waals surface area contributed by atoms with Crippen molar-refractivity contribution in [3.8, 4) is 0 Å². The smallest absolute Gasteiger partial charge is 0.255 e. The summed E-state index contributed by atoms with van der Waals surface area (Å²) in [6.07, 6.45) is -0.447. The Labute approximate surface area is 114 Å². The SMILES string of the molecule is CN=C(NCC(F)F)N(C)Cc1cc(Br)cn1C. The third kappa shape index (κ3) is 4.29. The number of halogens is 3. The number of aliphatic imine (C=N–C) groups is 1. The van der Waals surface area contributed by atoms with Gasteiger partial charge in [-0.25, -0.2) is 8.78 Å². The van der Waals surface area contributed by atoms with Gasteiger partial charge in [-0.15, -0.1) is 0 Å². The first-order valence-corrected chi connectivity index (χ1v) is 6.24. The maximum Gasteiger partial charge on any atom is 0.255 e. The summed E-state index contributed by atoms with van der Waals surface area (Å²) in [5.41, 5.74) is 1.06. The van der Waals surface area contributed by atoms with E-state index in [1.165, 1.54) is 0 Å². The predicted octanol–water partition coefficient (Wildman–Crippen LogP) is 2.06. The van der Waals surface area contributed by atoms with Crippen molar-refractivity contribution in [1.29, 1.82) is 0 Å². The zero-order valence-corrected chi connectivity index (χ0v) is 12.2. The van der Waals surface area contributed by atoms with Crippen LogP contribution < -0.4 is 5.32 Å². The molecular formula is C11H17BrF2N4. The van der Waals surface area contributed by atoms with Crippen LogP contribution in [0.2, 0.25) is 0 Å². The van der Waals surface area contributed by atoms with Crippen LogP contribution >= 0.6 is 15.9 Å². The molecular weight excluding hydrogens is 306 g/mol. The maximum atomic E-state index is 12.1. The lowest BCUT2D eigenvalue weighted by Crippen LogP contribution is -2.40. The number of nitrogens with zero attached hydrogens (tertiary/aromatic N) is 3. The maximum absolute atomic E-state index is 12.1. The van der Waals surface area contributed by atoms with Crippen molar-refractivity contribution in [2.45, 2.75) is 13.0 Å². The molecule has 4 nitrogen and oxygen atoms in total. The van der Waals surface area contributed by atoms with Gasteiger partial charge < -0.3 is 14.8 Å². The molecule has 0 amide bonds. The van der Waals surface area contributed by atoms with E-state index in [1.54, 1.807) is 11.9 Å². The van der Waals surface area contributed by atoms with Gasteiger partial charge >= 0.3 is 0 Å². The molecule has 0 aromatic carbocycles. The molecule has 0 saturated heterocycles. The fraction of sp³-hybridized carbons (Fsp3) is 0.545. The number of rotatable bonds is 4. The summed E-state index contributed by atoms with van der Waals surface area (Å²) in [6.45, 7) is 0.193. The number of aryl methyl sites for hydroxylation is 1. The molecule has 0 saturated carbocycles. The number of hydrogen-bond acceptors (Lipinski definition) is 1. The van der Waals surface area contributed by atoms with Gasteiger partial charge in [0.1, 0.15) is 0 Å². The lowest BCUT2D eigenvalue weighted by Gasteiger charge is -2.22. The van der Waals surface area contributed by atoms with Crippen molar-refractivity contribution >= 4 is 21.9 Å². The van der Waals surface area contributed by atoms with E-state index in [4.69, 9.17) is 0 Å². The van der Waals surface area contributed by atoms with Crippen LogP contribution in [0.1, 0.15) is 5.69 Å². The summed E-state index contributed by atoms with van der Waals surface area (Å²) in [5, 5.41) is 2.62. The van der Waals surface area contributed by atoms with E-state index in [2.05, 4.69) is 26.2 Å². The second-order valence-electron chi connectivity index (χ2n) is 3.94. The molecule has 1 aromatic heterocycles. The third-order valence-electron chi connectivity index (χ3n) is 2.46. The zero-order valence-electron chi connectivity index (χ0n) is 10.6. The molecule has 7 heteroatoms. The molecule has 1 N–H and O–H groups in total. The Morgan fingerprint density at radius 1 is 1.61 bits per heavy atom. The lowest BCUT2D eigenvalue weighted by atomic mass is 10.4. The molecule has 1 heterocycles. The molecule has 1 aromatic rings. The molecule has 0 aliphatic carbocycles. The number of alkyl halides is 2. The minimum absolute atomic E-state index is 0.395. The predicted molar refractivity (Wildman–Crippen MR) is 71.9 cm³/mol. The highest BCUT2D eigenvalue weighted by Crippen LogP contribution is 2.14. The highest BCUT2D eigenvalue weighted by molar-refractivity contribution is 9.10. The average molecular weight is 323 g/mol. The molecule has 0 atom stereocenters. The van der Waals surface area contributed by atoms with Gasteiger partial charge in [0.25, 0.3) is 6.43 Å². The third-order valence-corrected chi connectivity index (χ3v) is 2.90. The second-order valence-corrected chi connectivity index (χ2v) is 4.85. The Balaban J connectivity index is 2.63. The molecule has 18 heavy (non-hydrogen) atoms. The van der Waals surface area contributed by atoms with Gasteiger partial charge in [0, 0.05) is 37.5 Å². The van der Waals surface area contributed by atoms with Crippen LogP contribution in [0.3, 0.4) is 0 Å². The molecule has 102 valence electrons. The largest absolute Gasteiger partial charge is 0.352 e. The minimum atomic E-state index is -2.39. The Morgan fingerprint density at radius 2 is 2.28 bits per heavy atom. The zero-order chi connectivity index (χ0) is 13.7. The van der Waals surface area contributed by atoms with Crippen LogP contribution in [0.15, 0.2) is 21.7 Å². The molecule has 0 aliphatic rings. The summed E-state index contributed by atoms with van der Waals surface area (Å²) in [5.74, 6) is 0.452. The number of hydrogen-bond donors (Lipinski definition) is 1. The quantitative estimate of drug-likeness (QED) is 0.680. The molecule has 0 spiro atoms. The Kier molecular flexibility index (Phi) is 5.58. The lowest BCUT2D eigenvalue weighted by molar-refractivity contribution is 0.151. The normalized spacial score (nSPS) is 12.1. The fourth-order valence-corrected chi connectivity index (χ4v) is 2.17. The van der Waals surface area contributed by atoms with Crippen molar-refractivity contribution in [2.24, 2.45) is 12.0 Å². The van der Waals surface area contributed by atoms with Gasteiger partial charge in [0.2, 0.25) is 0 Å². The van der Waals surface area contributed by atoms with Gasteiger partial charge in [-0.05, 0) is 22.0 Å². The van der Waals surface area contributed by atoms with Crippen molar-refractivity contribution in [2.75, 3.05) is 20.6 Å². The molecule has 1 rings (SSSR count). The number of aromatic nitrogens is 1. The highest BCUT2D eigenvalue weighted by Gasteiger charge is 2.11. The van der Waals surface area contributed by atoms with E-state index in [0.717, 1.165) is 10.2 Å². The van der Waals surface area contributed by atoms with Gasteiger partial charge in [-0.1, -0.05) is 0 Å². The summed E-state index contributed by atoms with van der Waals surface area (Å²) in [7, 11) is 5.32. The summed E-state index contributed by atoms with van der Waals surface area (Å²) >= 11 is 3.39. The minimum Gasteiger partial charge on any atom is -0.352 e. The molecule has 0 fully saturated rings. The van der Waals surface area contributed by atoms with Crippen LogP contribution in [0.4, 0.5) is 8.78 Å². The monoisotopic (exact) mass is 322 g/mol. The van der Waals surface area contributed by atoms with E-state index in [-0.39, 0.29) is 0 Å². The van der Waals surface area contributed by atoms with Crippen molar-refractivity contribution in [3.05, 3.63) is 22.4 Å². The summed E-state index contributed by atoms with van der Waals surface area (Å²) < 4.78 is 27.2. The van der Waals surface area contributed by atoms with Crippen molar-refractivity contribution in [1.82, 2.24) is 14.8 Å². The van der Waals surface area contributed by atoms with Crippen molar-refractivity contribution in [3.63, 3.8) is 0 Å². The van der Waals surface area contributed by atoms with Crippen molar-refractivity contribution < 1.29 is 8.78 Å². The van der Waals surface area contributed by atoms with Crippen LogP contribution in [-0.4, -0.2) is 42.5 Å². The van der Waals surface area contributed by atoms with Gasteiger partial charge in [-0.3, -0.25) is 4.99 Å². The molecule has 0 radical (unpaired) electrons. The number of guanidine groups is 1. The Morgan fingerprint density at radius 3 is 2.72 bits per heavy atom. The Hall–Kier alpha value is -1.11. The van der Waals surface area contributed by atoms with E-state index in [0.29, 0.717) is 12.5 Å². The summed E-state index contributed by atoms with van der Waals surface area (Å²) in [4.78, 5) is 5.77. The van der Waals surface area contributed by atoms with E-state index in [9.17, 15) is 8.78 Å². The van der Waals surface area contributed by atoms with Gasteiger partial charge in [0.15, 0.2) is 5.96 Å². The Bertz CT molecular complexity index is 417. The van der Waals surface area contributed by atoms with E-state index in [1.807, 2.05) is 30.9 Å². The standard InChI is InChI=1S/C11H17BrF2N4/c1-15-11(16-5-10(13)14)18(3)7-9-4-8(12)6-17(9)2/h4,6,10H,5,7H2,1-3H3,(H,15,16). The molecule has 0 unspecified atom stereocenters. The van der Waals surface area contributed by atoms with Crippen LogP contribution in [0, 0.1) is 0 Å². The first-order valence-electron chi connectivity index (χ1n) is 5.44. The van der Waals surface area contributed by atoms with Crippen LogP contribution in [0.5, 0.6) is 0 Å². The molecule has 0 bridgehead atoms. The highest BCUT2D eigenvalue weighted by atomic mass is 79.9. The summed E-state index contributed by atoms with van der Waals surface area (Å²) in [6, 6.07) is 1.98. The van der Waals surface area contributed by atoms with Crippen LogP contribution in [-0.2, 0) is 13.6 Å². The average Bonchev–Trinajstić information content (AvgIpc) is 2.57. The van der Waals surface area contributed by atoms with E-state index >= 15 is 0 Å². The van der Waals surface area contributed by atoms with Gasteiger partial charge in [0.05, 0.1) is 13.1 Å². The molecule has 0 aliphatic heterocycles. The second kappa shape index (κ2) is 6.72. The van der Waals surface area contributed by atoms with Gasteiger partial charge in [-0.2, -0.15) is 0 Å². The van der Waals surface area contributed by atoms with E-state index < -0.39 is 13.0 Å². The van der Waals surface area contributed by atoms with Crippen LogP contribution in [0.25, 0.3) is 0 Å². The first kappa shape index (κ1) is 14.9. The topological polar surface area (TPSA) is 32.6 Å². The number of nitrogens with one attached hydrogen (secondary N) is 1. The first-order chi connectivity index (χ1) is 8.43. The fourth-order valence-electron chi connectivity index (χ4n) is 1.59.